The van der Waals surface area contributed by atoms with Gasteiger partial charge in [0, 0.05) is 30.0 Å². The maximum absolute atomic E-state index is 12.9. The maximum atomic E-state index is 12.9. The molecule has 0 fully saturated rings. The molecule has 4 aromatic carbocycles. The molecule has 9 heteroatoms. The number of benzene rings is 4. The molecule has 5 rings (SSSR count). The van der Waals surface area contributed by atoms with Gasteiger partial charge < -0.3 is 23.9 Å². The molecule has 0 saturated heterocycles. The lowest BCUT2D eigenvalue weighted by molar-refractivity contribution is -0.274. The second kappa shape index (κ2) is 14.1. The summed E-state index contributed by atoms with van der Waals surface area (Å²) in [6, 6.07) is 30.5. The van der Waals surface area contributed by atoms with Gasteiger partial charge in [0.05, 0.1) is 0 Å². The first kappa shape index (κ1) is 30.7. The SMILES string of the molecule is Cc1c(Cc2ccc(OC(F)(F)F)cc2)c(=O)oc2cc(OCC(CNCCc3ccccc3)Oc3ccccc3)ccc12. The molecule has 0 radical (unpaired) electrons. The van der Waals surface area contributed by atoms with Gasteiger partial charge in [-0.05, 0) is 73.0 Å². The van der Waals surface area contributed by atoms with E-state index < -0.39 is 12.0 Å². The van der Waals surface area contributed by atoms with E-state index in [0.29, 0.717) is 29.0 Å². The molecule has 44 heavy (non-hydrogen) atoms. The van der Waals surface area contributed by atoms with Crippen molar-refractivity contribution in [3.05, 3.63) is 136 Å². The van der Waals surface area contributed by atoms with Crippen LogP contribution in [-0.2, 0) is 12.8 Å². The topological polar surface area (TPSA) is 69.9 Å². The van der Waals surface area contributed by atoms with Crippen LogP contribution in [0.25, 0.3) is 11.0 Å². The summed E-state index contributed by atoms with van der Waals surface area (Å²) in [7, 11) is 0. The van der Waals surface area contributed by atoms with Crippen LogP contribution in [0.2, 0.25) is 0 Å². The Labute approximate surface area is 253 Å². The Bertz CT molecular complexity index is 1710. The summed E-state index contributed by atoms with van der Waals surface area (Å²) >= 11 is 0. The fourth-order valence-electron chi connectivity index (χ4n) is 4.84. The molecule has 0 bridgehead atoms. The van der Waals surface area contributed by atoms with Crippen molar-refractivity contribution in [2.75, 3.05) is 19.7 Å². The molecule has 1 aromatic heterocycles. The van der Waals surface area contributed by atoms with Gasteiger partial charge in [-0.1, -0.05) is 60.7 Å². The van der Waals surface area contributed by atoms with Gasteiger partial charge >= 0.3 is 12.0 Å². The second-order valence-corrected chi connectivity index (χ2v) is 10.3. The van der Waals surface area contributed by atoms with Crippen LogP contribution in [0.1, 0.15) is 22.3 Å². The van der Waals surface area contributed by atoms with Crippen LogP contribution in [0.3, 0.4) is 0 Å². The van der Waals surface area contributed by atoms with Crippen LogP contribution in [0.15, 0.2) is 112 Å². The molecule has 6 nitrogen and oxygen atoms in total. The Morgan fingerprint density at radius 3 is 2.20 bits per heavy atom. The Morgan fingerprint density at radius 1 is 0.818 bits per heavy atom. The third kappa shape index (κ3) is 8.64. The van der Waals surface area contributed by atoms with Crippen LogP contribution in [-0.4, -0.2) is 32.2 Å². The highest BCUT2D eigenvalue weighted by Gasteiger charge is 2.31. The quantitative estimate of drug-likeness (QED) is 0.113. The highest BCUT2D eigenvalue weighted by Crippen LogP contribution is 2.27. The van der Waals surface area contributed by atoms with E-state index in [4.69, 9.17) is 13.9 Å². The normalized spacial score (nSPS) is 12.2. The number of para-hydroxylation sites is 1. The molecule has 0 aliphatic rings. The Morgan fingerprint density at radius 2 is 1.50 bits per heavy atom. The number of hydrogen-bond donors (Lipinski definition) is 1. The smallest absolute Gasteiger partial charge is 0.490 e. The summed E-state index contributed by atoms with van der Waals surface area (Å²) in [5.74, 6) is 0.940. The summed E-state index contributed by atoms with van der Waals surface area (Å²) in [5, 5.41) is 4.19. The molecular weight excluding hydrogens is 571 g/mol. The standard InChI is InChI=1S/C35H32F3NO5/c1-24-31-17-16-29(21-33(31)43-34(40)32(24)20-26-12-14-28(15-13-26)44-35(36,37)38)41-23-30(42-27-10-6-3-7-11-27)22-39-19-18-25-8-4-2-5-9-25/h2-17,21,30,39H,18-20,22-23H2,1H3. The van der Waals surface area contributed by atoms with Gasteiger partial charge in [0.15, 0.2) is 0 Å². The minimum Gasteiger partial charge on any atom is -0.490 e. The van der Waals surface area contributed by atoms with Crippen molar-refractivity contribution in [1.29, 1.82) is 0 Å². The molecule has 0 spiro atoms. The first-order valence-corrected chi connectivity index (χ1v) is 14.2. The molecule has 0 aliphatic heterocycles. The van der Waals surface area contributed by atoms with Crippen molar-refractivity contribution in [3.8, 4) is 17.2 Å². The van der Waals surface area contributed by atoms with Crippen LogP contribution >= 0.6 is 0 Å². The zero-order chi connectivity index (χ0) is 30.9. The lowest BCUT2D eigenvalue weighted by Gasteiger charge is -2.20. The number of nitrogens with one attached hydrogen (secondary N) is 1. The summed E-state index contributed by atoms with van der Waals surface area (Å²) < 4.78 is 59.3. The molecule has 0 aliphatic carbocycles. The summed E-state index contributed by atoms with van der Waals surface area (Å²) in [6.07, 6.45) is -3.96. The number of alkyl halides is 3. The van der Waals surface area contributed by atoms with Gasteiger partial charge in [0.1, 0.15) is 35.5 Å². The molecule has 1 heterocycles. The van der Waals surface area contributed by atoms with Crippen LogP contribution in [0, 0.1) is 6.92 Å². The van der Waals surface area contributed by atoms with E-state index in [1.807, 2.05) is 67.6 Å². The van der Waals surface area contributed by atoms with Crippen LogP contribution < -0.4 is 25.2 Å². The lowest BCUT2D eigenvalue weighted by Crippen LogP contribution is -2.37. The van der Waals surface area contributed by atoms with Crippen LogP contribution in [0.4, 0.5) is 13.2 Å². The van der Waals surface area contributed by atoms with Gasteiger partial charge in [-0.15, -0.1) is 13.2 Å². The van der Waals surface area contributed by atoms with Gasteiger partial charge in [-0.3, -0.25) is 0 Å². The molecule has 228 valence electrons. The van der Waals surface area contributed by atoms with Crippen molar-refractivity contribution >= 4 is 11.0 Å². The highest BCUT2D eigenvalue weighted by molar-refractivity contribution is 5.82. The molecule has 1 N–H and O–H groups in total. The first-order chi connectivity index (χ1) is 21.2. The highest BCUT2D eigenvalue weighted by atomic mass is 19.4. The van der Waals surface area contributed by atoms with Gasteiger partial charge in [-0.25, -0.2) is 4.79 Å². The van der Waals surface area contributed by atoms with Gasteiger partial charge in [0.25, 0.3) is 0 Å². The number of fused-ring (bicyclic) bond motifs is 1. The summed E-state index contributed by atoms with van der Waals surface area (Å²) in [6.45, 7) is 3.43. The molecule has 0 saturated carbocycles. The number of ether oxygens (including phenoxy) is 3. The van der Waals surface area contributed by atoms with Crippen molar-refractivity contribution in [1.82, 2.24) is 5.32 Å². The number of halogens is 3. The zero-order valence-electron chi connectivity index (χ0n) is 24.1. The average molecular weight is 604 g/mol. The lowest BCUT2D eigenvalue weighted by atomic mass is 9.99. The van der Waals surface area contributed by atoms with Gasteiger partial charge in [-0.2, -0.15) is 0 Å². The Balaban J connectivity index is 1.25. The Kier molecular flexibility index (Phi) is 9.86. The minimum atomic E-state index is -4.77. The van der Waals surface area contributed by atoms with E-state index in [-0.39, 0.29) is 24.9 Å². The average Bonchev–Trinajstić information content (AvgIpc) is 3.01. The molecule has 5 aromatic rings. The van der Waals surface area contributed by atoms with Crippen LogP contribution in [0.5, 0.6) is 17.2 Å². The Hall–Kier alpha value is -4.76. The third-order valence-electron chi connectivity index (χ3n) is 7.08. The van der Waals surface area contributed by atoms with E-state index in [2.05, 4.69) is 22.2 Å². The molecule has 1 atom stereocenters. The predicted molar refractivity (Wildman–Crippen MR) is 163 cm³/mol. The van der Waals surface area contributed by atoms with E-state index in [9.17, 15) is 18.0 Å². The maximum Gasteiger partial charge on any atom is 0.573 e. The summed E-state index contributed by atoms with van der Waals surface area (Å²) in [5.41, 5.74) is 2.91. The third-order valence-corrected chi connectivity index (χ3v) is 7.08. The number of hydrogen-bond acceptors (Lipinski definition) is 6. The fraction of sp³-hybridized carbons (Fsp3) is 0.229. The van der Waals surface area contributed by atoms with E-state index >= 15 is 0 Å². The van der Waals surface area contributed by atoms with Crippen molar-refractivity contribution < 1.29 is 31.8 Å². The fourth-order valence-corrected chi connectivity index (χ4v) is 4.84. The number of rotatable bonds is 13. The first-order valence-electron chi connectivity index (χ1n) is 14.2. The minimum absolute atomic E-state index is 0.199. The molecule has 1 unspecified atom stereocenters. The van der Waals surface area contributed by atoms with E-state index in [1.54, 1.807) is 6.07 Å². The largest absolute Gasteiger partial charge is 0.573 e. The second-order valence-electron chi connectivity index (χ2n) is 10.3. The predicted octanol–water partition coefficient (Wildman–Crippen LogP) is 7.25. The van der Waals surface area contributed by atoms with Crippen molar-refractivity contribution in [3.63, 3.8) is 0 Å². The molecular formula is C35H32F3NO5. The number of aryl methyl sites for hydroxylation is 1. The van der Waals surface area contributed by atoms with E-state index in [0.717, 1.165) is 29.7 Å². The summed E-state index contributed by atoms with van der Waals surface area (Å²) in [4.78, 5) is 12.9. The van der Waals surface area contributed by atoms with Crippen molar-refractivity contribution in [2.24, 2.45) is 0 Å². The van der Waals surface area contributed by atoms with Gasteiger partial charge in [0.2, 0.25) is 0 Å². The van der Waals surface area contributed by atoms with E-state index in [1.165, 1.54) is 29.8 Å². The molecule has 0 amide bonds. The van der Waals surface area contributed by atoms with Crippen molar-refractivity contribution in [2.45, 2.75) is 32.2 Å². The monoisotopic (exact) mass is 603 g/mol. The zero-order valence-corrected chi connectivity index (χ0v) is 24.1.